The van der Waals surface area contributed by atoms with Gasteiger partial charge in [0.05, 0.1) is 5.69 Å². The van der Waals surface area contributed by atoms with Crippen molar-refractivity contribution in [2.75, 3.05) is 23.3 Å². The van der Waals surface area contributed by atoms with Gasteiger partial charge in [-0.1, -0.05) is 53.8 Å². The average molecular weight is 396 g/mol. The van der Waals surface area contributed by atoms with Crippen molar-refractivity contribution in [3.63, 3.8) is 0 Å². The van der Waals surface area contributed by atoms with E-state index in [1.807, 2.05) is 41.3 Å². The summed E-state index contributed by atoms with van der Waals surface area (Å²) in [6, 6.07) is 16.8. The molecule has 4 rings (SSSR count). The lowest BCUT2D eigenvalue weighted by Gasteiger charge is -2.33. The first-order chi connectivity index (χ1) is 13.7. The first-order valence-corrected chi connectivity index (χ1v) is 10.2. The third-order valence-electron chi connectivity index (χ3n) is 4.95. The summed E-state index contributed by atoms with van der Waals surface area (Å²) >= 11 is 1.41. The van der Waals surface area contributed by atoms with Crippen molar-refractivity contribution in [2.45, 2.75) is 19.3 Å². The van der Waals surface area contributed by atoms with Crippen molar-refractivity contribution >= 4 is 28.1 Å². The average Bonchev–Trinajstić information content (AvgIpc) is 3.16. The van der Waals surface area contributed by atoms with Crippen LogP contribution in [0.1, 0.15) is 23.4 Å². The lowest BCUT2D eigenvalue weighted by Crippen LogP contribution is -2.38. The number of benzene rings is 2. The summed E-state index contributed by atoms with van der Waals surface area (Å²) < 4.78 is 13.9. The summed E-state index contributed by atoms with van der Waals surface area (Å²) in [5.41, 5.74) is 1.77. The van der Waals surface area contributed by atoms with Gasteiger partial charge in [-0.25, -0.2) is 4.39 Å². The van der Waals surface area contributed by atoms with Gasteiger partial charge in [0.25, 0.3) is 0 Å². The van der Waals surface area contributed by atoms with Gasteiger partial charge in [0.1, 0.15) is 10.8 Å². The molecular weight excluding hydrogens is 375 g/mol. The van der Waals surface area contributed by atoms with Gasteiger partial charge in [-0.3, -0.25) is 4.79 Å². The van der Waals surface area contributed by atoms with Crippen molar-refractivity contribution in [3.8, 4) is 0 Å². The Balaban J connectivity index is 1.31. The molecule has 1 amide bonds. The van der Waals surface area contributed by atoms with Crippen molar-refractivity contribution < 1.29 is 9.18 Å². The summed E-state index contributed by atoms with van der Waals surface area (Å²) in [4.78, 5) is 14.6. The van der Waals surface area contributed by atoms with Crippen molar-refractivity contribution in [1.29, 1.82) is 0 Å². The number of hydrogen-bond donors (Lipinski definition) is 1. The van der Waals surface area contributed by atoms with E-state index >= 15 is 0 Å². The predicted octanol–water partition coefficient (Wildman–Crippen LogP) is 4.12. The molecule has 2 heterocycles. The molecule has 1 N–H and O–H groups in total. The number of carbonyl (C=O) groups excluding carboxylic acids is 1. The highest BCUT2D eigenvalue weighted by Crippen LogP contribution is 2.27. The summed E-state index contributed by atoms with van der Waals surface area (Å²) in [5.74, 6) is -0.342. The minimum atomic E-state index is -0.217. The van der Waals surface area contributed by atoms with E-state index in [4.69, 9.17) is 0 Å². The second kappa shape index (κ2) is 8.48. The van der Waals surface area contributed by atoms with Crippen LogP contribution in [-0.2, 0) is 11.2 Å². The zero-order valence-corrected chi connectivity index (χ0v) is 16.2. The van der Waals surface area contributed by atoms with Gasteiger partial charge in [0.2, 0.25) is 11.0 Å². The fraction of sp³-hybridized carbons (Fsp3) is 0.286. The number of piperidine rings is 1. The molecule has 0 saturated carbocycles. The van der Waals surface area contributed by atoms with E-state index in [1.165, 1.54) is 17.4 Å². The molecule has 0 radical (unpaired) electrons. The Bertz CT molecular complexity index is 938. The Morgan fingerprint density at radius 1 is 1.07 bits per heavy atom. The molecular formula is C21H21FN4OS. The molecule has 0 bridgehead atoms. The van der Waals surface area contributed by atoms with Gasteiger partial charge in [-0.15, -0.1) is 10.2 Å². The summed E-state index contributed by atoms with van der Waals surface area (Å²) in [6.45, 7) is 1.32. The SMILES string of the molecule is O=C(Nc1nnc(Cc2ccccc2)s1)C1CCN(c2ccccc2F)CC1. The molecule has 1 fully saturated rings. The number of rotatable bonds is 5. The summed E-state index contributed by atoms with van der Waals surface area (Å²) in [5, 5.41) is 12.6. The number of para-hydroxylation sites is 1. The highest BCUT2D eigenvalue weighted by molar-refractivity contribution is 7.15. The number of halogens is 1. The molecule has 0 unspecified atom stereocenters. The molecule has 7 heteroatoms. The maximum atomic E-state index is 13.9. The highest BCUT2D eigenvalue weighted by atomic mass is 32.1. The van der Waals surface area contributed by atoms with E-state index < -0.39 is 0 Å². The van der Waals surface area contributed by atoms with Crippen LogP contribution in [0.3, 0.4) is 0 Å². The van der Waals surface area contributed by atoms with Crippen LogP contribution in [0.4, 0.5) is 15.2 Å². The maximum Gasteiger partial charge on any atom is 0.229 e. The molecule has 1 aliphatic rings. The lowest BCUT2D eigenvalue weighted by atomic mass is 9.95. The molecule has 28 heavy (non-hydrogen) atoms. The first kappa shape index (κ1) is 18.6. The van der Waals surface area contributed by atoms with E-state index in [0.717, 1.165) is 10.6 Å². The fourth-order valence-electron chi connectivity index (χ4n) is 3.44. The molecule has 1 aromatic heterocycles. The van der Waals surface area contributed by atoms with E-state index in [9.17, 15) is 9.18 Å². The van der Waals surface area contributed by atoms with Crippen molar-refractivity contribution in [1.82, 2.24) is 10.2 Å². The predicted molar refractivity (Wildman–Crippen MR) is 109 cm³/mol. The van der Waals surface area contributed by atoms with Gasteiger partial charge >= 0.3 is 0 Å². The summed E-state index contributed by atoms with van der Waals surface area (Å²) in [6.07, 6.45) is 2.08. The van der Waals surface area contributed by atoms with E-state index in [0.29, 0.717) is 43.2 Å². The Hall–Kier alpha value is -2.80. The quantitative estimate of drug-likeness (QED) is 0.705. The van der Waals surface area contributed by atoms with Gasteiger partial charge in [-0.05, 0) is 30.5 Å². The van der Waals surface area contributed by atoms with Crippen LogP contribution in [-0.4, -0.2) is 29.2 Å². The minimum Gasteiger partial charge on any atom is -0.369 e. The first-order valence-electron chi connectivity index (χ1n) is 9.35. The number of aromatic nitrogens is 2. The standard InChI is InChI=1S/C21H21FN4OS/c22-17-8-4-5-9-18(17)26-12-10-16(11-13-26)20(27)23-21-25-24-19(28-21)14-15-6-2-1-3-7-15/h1-9,16H,10-14H2,(H,23,25,27). The Kier molecular flexibility index (Phi) is 5.62. The highest BCUT2D eigenvalue weighted by Gasteiger charge is 2.26. The second-order valence-electron chi connectivity index (χ2n) is 6.87. The smallest absolute Gasteiger partial charge is 0.229 e. The molecule has 3 aromatic rings. The van der Waals surface area contributed by atoms with Gasteiger partial charge < -0.3 is 10.2 Å². The molecule has 144 valence electrons. The number of amides is 1. The van der Waals surface area contributed by atoms with E-state index in [1.54, 1.807) is 12.1 Å². The minimum absolute atomic E-state index is 0.0319. The molecule has 1 aliphatic heterocycles. The van der Waals surface area contributed by atoms with Crippen molar-refractivity contribution in [3.05, 3.63) is 71.0 Å². The third-order valence-corrected chi connectivity index (χ3v) is 5.79. The van der Waals surface area contributed by atoms with Crippen molar-refractivity contribution in [2.24, 2.45) is 5.92 Å². The molecule has 0 aliphatic carbocycles. The van der Waals surface area contributed by atoms with Crippen LogP contribution in [0.15, 0.2) is 54.6 Å². The van der Waals surface area contributed by atoms with Crippen LogP contribution in [0, 0.1) is 11.7 Å². The van der Waals surface area contributed by atoms with E-state index in [2.05, 4.69) is 15.5 Å². The van der Waals surface area contributed by atoms with Crippen LogP contribution >= 0.6 is 11.3 Å². The number of nitrogens with one attached hydrogen (secondary N) is 1. The van der Waals surface area contributed by atoms with E-state index in [-0.39, 0.29) is 17.6 Å². The van der Waals surface area contributed by atoms with Gasteiger partial charge in [0.15, 0.2) is 0 Å². The lowest BCUT2D eigenvalue weighted by molar-refractivity contribution is -0.120. The zero-order chi connectivity index (χ0) is 19.3. The topological polar surface area (TPSA) is 58.1 Å². The maximum absolute atomic E-state index is 13.9. The second-order valence-corrected chi connectivity index (χ2v) is 7.93. The molecule has 5 nitrogen and oxygen atoms in total. The zero-order valence-electron chi connectivity index (χ0n) is 15.3. The largest absolute Gasteiger partial charge is 0.369 e. The van der Waals surface area contributed by atoms with Gasteiger partial charge in [-0.2, -0.15) is 0 Å². The van der Waals surface area contributed by atoms with Crippen LogP contribution in [0.5, 0.6) is 0 Å². The monoisotopic (exact) mass is 396 g/mol. The Morgan fingerprint density at radius 2 is 1.79 bits per heavy atom. The number of anilines is 2. The Morgan fingerprint density at radius 3 is 2.54 bits per heavy atom. The number of nitrogens with zero attached hydrogens (tertiary/aromatic N) is 3. The molecule has 1 saturated heterocycles. The van der Waals surface area contributed by atoms with Crippen LogP contribution in [0.2, 0.25) is 0 Å². The third kappa shape index (κ3) is 4.36. The van der Waals surface area contributed by atoms with Crippen LogP contribution in [0.25, 0.3) is 0 Å². The molecule has 0 atom stereocenters. The number of hydrogen-bond acceptors (Lipinski definition) is 5. The van der Waals surface area contributed by atoms with Crippen LogP contribution < -0.4 is 10.2 Å². The summed E-state index contributed by atoms with van der Waals surface area (Å²) in [7, 11) is 0. The normalized spacial score (nSPS) is 14.8. The van der Waals surface area contributed by atoms with Gasteiger partial charge in [0, 0.05) is 25.4 Å². The Labute approximate surface area is 167 Å². The molecule has 2 aromatic carbocycles. The fourth-order valence-corrected chi connectivity index (χ4v) is 4.22. The number of carbonyl (C=O) groups is 1. The molecule has 0 spiro atoms.